The molecule has 1 heterocycles. The Labute approximate surface area is 130 Å². The van der Waals surface area contributed by atoms with Gasteiger partial charge in [0.25, 0.3) is 0 Å². The molecule has 0 aliphatic rings. The zero-order chi connectivity index (χ0) is 16.3. The number of rotatable bonds is 5. The summed E-state index contributed by atoms with van der Waals surface area (Å²) >= 11 is 0. The normalized spacial score (nSPS) is 11.4. The first-order valence-corrected chi connectivity index (χ1v) is 7.15. The third-order valence-electron chi connectivity index (χ3n) is 3.34. The van der Waals surface area contributed by atoms with Gasteiger partial charge in [0.1, 0.15) is 0 Å². The van der Waals surface area contributed by atoms with Crippen LogP contribution < -0.4 is 5.32 Å². The van der Waals surface area contributed by atoms with Gasteiger partial charge in [-0.2, -0.15) is 0 Å². The van der Waals surface area contributed by atoms with Crippen LogP contribution in [0.15, 0.2) is 42.1 Å². The Bertz CT molecular complexity index is 740. The number of H-pyrrole nitrogens is 1. The lowest BCUT2D eigenvalue weighted by Gasteiger charge is -2.10. The minimum atomic E-state index is -0.0390. The molecule has 0 aliphatic heterocycles. The monoisotopic (exact) mass is 296 g/mol. The predicted octanol–water partition coefficient (Wildman–Crippen LogP) is 4.10. The zero-order valence-electron chi connectivity index (χ0n) is 13.3. The molecule has 1 aromatic carbocycles. The molecule has 0 bridgehead atoms. The van der Waals surface area contributed by atoms with Crippen LogP contribution in [0.4, 0.5) is 5.69 Å². The highest BCUT2D eigenvalue weighted by atomic mass is 16.1. The van der Waals surface area contributed by atoms with E-state index in [1.807, 2.05) is 44.2 Å². The summed E-state index contributed by atoms with van der Waals surface area (Å²) in [4.78, 5) is 26.5. The summed E-state index contributed by atoms with van der Waals surface area (Å²) in [7, 11) is 0. The van der Waals surface area contributed by atoms with Gasteiger partial charge in [-0.05, 0) is 33.8 Å². The highest BCUT2D eigenvalue weighted by Crippen LogP contribution is 2.34. The summed E-state index contributed by atoms with van der Waals surface area (Å²) in [5.41, 5.74) is 4.67. The van der Waals surface area contributed by atoms with Crippen molar-refractivity contribution in [1.29, 1.82) is 0 Å². The average molecular weight is 296 g/mol. The molecular weight excluding hydrogens is 276 g/mol. The van der Waals surface area contributed by atoms with E-state index in [1.165, 1.54) is 13.0 Å². The minimum Gasteiger partial charge on any atom is -0.357 e. The lowest BCUT2D eigenvalue weighted by Crippen LogP contribution is -2.04. The Morgan fingerprint density at radius 2 is 1.73 bits per heavy atom. The number of Topliss-reactive ketones (excluding diaryl/α,β-unsaturated/α-hetero) is 1. The average Bonchev–Trinajstić information content (AvgIpc) is 2.75. The van der Waals surface area contributed by atoms with Gasteiger partial charge < -0.3 is 10.3 Å². The number of allylic oxidation sites excluding steroid dienone is 2. The largest absolute Gasteiger partial charge is 0.357 e. The summed E-state index contributed by atoms with van der Waals surface area (Å²) in [6.45, 7) is 6.72. The molecular formula is C18H20N2O2. The lowest BCUT2D eigenvalue weighted by molar-refractivity contribution is -0.112. The van der Waals surface area contributed by atoms with Crippen LogP contribution in [0, 0.1) is 6.92 Å². The number of ketones is 2. The summed E-state index contributed by atoms with van der Waals surface area (Å²) < 4.78 is 0. The highest BCUT2D eigenvalue weighted by Gasteiger charge is 2.19. The Morgan fingerprint density at radius 1 is 1.09 bits per heavy atom. The molecule has 22 heavy (non-hydrogen) atoms. The van der Waals surface area contributed by atoms with Crippen molar-refractivity contribution in [2.45, 2.75) is 27.7 Å². The van der Waals surface area contributed by atoms with Gasteiger partial charge in [-0.15, -0.1) is 0 Å². The van der Waals surface area contributed by atoms with Gasteiger partial charge in [0.05, 0.1) is 16.9 Å². The van der Waals surface area contributed by atoms with Crippen LogP contribution in [0.2, 0.25) is 0 Å². The second-order valence-electron chi connectivity index (χ2n) is 5.36. The van der Waals surface area contributed by atoms with Crippen molar-refractivity contribution in [3.63, 3.8) is 0 Å². The van der Waals surface area contributed by atoms with E-state index in [-0.39, 0.29) is 11.6 Å². The topological polar surface area (TPSA) is 62.0 Å². The van der Waals surface area contributed by atoms with E-state index in [0.717, 1.165) is 17.0 Å². The lowest BCUT2D eigenvalue weighted by atomic mass is 10.1. The number of carbonyl (C=O) groups excluding carboxylic acids is 2. The van der Waals surface area contributed by atoms with Crippen molar-refractivity contribution in [2.75, 3.05) is 5.32 Å². The van der Waals surface area contributed by atoms with Crippen molar-refractivity contribution < 1.29 is 9.59 Å². The van der Waals surface area contributed by atoms with E-state index >= 15 is 0 Å². The van der Waals surface area contributed by atoms with Crippen molar-refractivity contribution >= 4 is 17.3 Å². The molecule has 114 valence electrons. The molecule has 2 rings (SSSR count). The van der Waals surface area contributed by atoms with Gasteiger partial charge in [-0.3, -0.25) is 9.59 Å². The number of aromatic nitrogens is 1. The van der Waals surface area contributed by atoms with E-state index in [0.29, 0.717) is 16.9 Å². The molecule has 0 radical (unpaired) electrons. The van der Waals surface area contributed by atoms with Gasteiger partial charge in [0.15, 0.2) is 11.6 Å². The van der Waals surface area contributed by atoms with Crippen LogP contribution in [-0.2, 0) is 4.79 Å². The summed E-state index contributed by atoms with van der Waals surface area (Å²) in [6.07, 6.45) is 1.51. The van der Waals surface area contributed by atoms with E-state index in [1.54, 1.807) is 6.92 Å². The van der Waals surface area contributed by atoms with Crippen LogP contribution in [0.1, 0.15) is 36.8 Å². The van der Waals surface area contributed by atoms with E-state index < -0.39 is 0 Å². The van der Waals surface area contributed by atoms with E-state index in [2.05, 4.69) is 10.3 Å². The van der Waals surface area contributed by atoms with Crippen LogP contribution in [0.25, 0.3) is 11.3 Å². The fourth-order valence-corrected chi connectivity index (χ4v) is 2.55. The highest BCUT2D eigenvalue weighted by molar-refractivity contribution is 6.05. The van der Waals surface area contributed by atoms with Gasteiger partial charge in [0.2, 0.25) is 0 Å². The smallest absolute Gasteiger partial charge is 0.163 e. The summed E-state index contributed by atoms with van der Waals surface area (Å²) in [6, 6.07) is 9.79. The maximum atomic E-state index is 12.0. The molecule has 2 N–H and O–H groups in total. The number of aryl methyl sites for hydroxylation is 1. The van der Waals surface area contributed by atoms with Gasteiger partial charge in [-0.1, -0.05) is 30.3 Å². The number of carbonyl (C=O) groups is 2. The molecule has 1 aromatic heterocycles. The number of nitrogens with one attached hydrogen (secondary N) is 2. The maximum Gasteiger partial charge on any atom is 0.163 e. The molecule has 4 heteroatoms. The number of benzene rings is 1. The van der Waals surface area contributed by atoms with Crippen molar-refractivity contribution in [3.05, 3.63) is 53.4 Å². The van der Waals surface area contributed by atoms with Gasteiger partial charge in [0, 0.05) is 17.0 Å². The van der Waals surface area contributed by atoms with Crippen LogP contribution >= 0.6 is 0 Å². The Kier molecular flexibility index (Phi) is 4.61. The molecule has 0 amide bonds. The second kappa shape index (κ2) is 6.43. The standard InChI is InChI=1S/C18H20N2O2/c1-11(10-12(2)21)19-18-16(14(4)22)13(3)20-17(18)15-8-6-5-7-9-15/h5-10,19-20H,1-4H3. The van der Waals surface area contributed by atoms with Crippen molar-refractivity contribution in [3.8, 4) is 11.3 Å². The molecule has 0 fully saturated rings. The maximum absolute atomic E-state index is 12.0. The van der Waals surface area contributed by atoms with Gasteiger partial charge >= 0.3 is 0 Å². The van der Waals surface area contributed by atoms with Crippen LogP contribution in [0.5, 0.6) is 0 Å². The molecule has 0 spiro atoms. The third-order valence-corrected chi connectivity index (χ3v) is 3.34. The first-order chi connectivity index (χ1) is 10.4. The fourth-order valence-electron chi connectivity index (χ4n) is 2.55. The minimum absolute atomic E-state index is 0.0194. The van der Waals surface area contributed by atoms with Crippen LogP contribution in [0.3, 0.4) is 0 Å². The van der Waals surface area contributed by atoms with E-state index in [9.17, 15) is 9.59 Å². The van der Waals surface area contributed by atoms with Crippen molar-refractivity contribution in [2.24, 2.45) is 0 Å². The van der Waals surface area contributed by atoms with Crippen LogP contribution in [-0.4, -0.2) is 16.6 Å². The third kappa shape index (κ3) is 3.34. The molecule has 0 atom stereocenters. The fraction of sp³-hybridized carbons (Fsp3) is 0.222. The molecule has 4 nitrogen and oxygen atoms in total. The first-order valence-electron chi connectivity index (χ1n) is 7.15. The predicted molar refractivity (Wildman–Crippen MR) is 89.0 cm³/mol. The number of anilines is 1. The number of aromatic amines is 1. The molecule has 0 unspecified atom stereocenters. The first kappa shape index (κ1) is 15.8. The number of hydrogen-bond acceptors (Lipinski definition) is 3. The SMILES string of the molecule is CC(=O)C=C(C)Nc1c(-c2ccccc2)[nH]c(C)c1C(C)=O. The van der Waals surface area contributed by atoms with E-state index in [4.69, 9.17) is 0 Å². The second-order valence-corrected chi connectivity index (χ2v) is 5.36. The number of hydrogen-bond donors (Lipinski definition) is 2. The zero-order valence-corrected chi connectivity index (χ0v) is 13.3. The summed E-state index contributed by atoms with van der Waals surface area (Å²) in [5.74, 6) is -0.0584. The quantitative estimate of drug-likeness (QED) is 0.645. The Balaban J connectivity index is 2.58. The molecule has 2 aromatic rings. The molecule has 0 saturated heterocycles. The Morgan fingerprint density at radius 3 is 2.27 bits per heavy atom. The molecule has 0 saturated carbocycles. The Hall–Kier alpha value is -2.62. The summed E-state index contributed by atoms with van der Waals surface area (Å²) in [5, 5.41) is 3.20. The van der Waals surface area contributed by atoms with Crippen molar-refractivity contribution in [1.82, 2.24) is 4.98 Å². The molecule has 0 aliphatic carbocycles. The van der Waals surface area contributed by atoms with Gasteiger partial charge in [-0.25, -0.2) is 0 Å².